The summed E-state index contributed by atoms with van der Waals surface area (Å²) in [6, 6.07) is 0. The molecule has 0 saturated heterocycles. The average Bonchev–Trinajstić information content (AvgIpc) is 2.16. The van der Waals surface area contributed by atoms with Crippen LogP contribution in [0.1, 0.15) is 41.0 Å². The summed E-state index contributed by atoms with van der Waals surface area (Å²) in [5.41, 5.74) is 0.138. The van der Waals surface area contributed by atoms with Crippen molar-refractivity contribution in [2.45, 2.75) is 59.5 Å². The van der Waals surface area contributed by atoms with Crippen molar-refractivity contribution in [2.24, 2.45) is 5.92 Å². The van der Waals surface area contributed by atoms with Crippen LogP contribution in [0.2, 0.25) is 0 Å². The third kappa shape index (κ3) is 5.84. The molecular formula is C13H24O4. The first-order valence-electron chi connectivity index (χ1n) is 6.02. The summed E-state index contributed by atoms with van der Waals surface area (Å²) in [5.74, 6) is -1.32. The Morgan fingerprint density at radius 3 is 1.82 bits per heavy atom. The quantitative estimate of drug-likeness (QED) is 0.527. The maximum atomic E-state index is 11.0. The largest absolute Gasteiger partial charge is 0.478 e. The molecule has 0 fully saturated rings. The van der Waals surface area contributed by atoms with Gasteiger partial charge in [-0.3, -0.25) is 0 Å². The molecule has 0 aliphatic heterocycles. The van der Waals surface area contributed by atoms with Crippen molar-refractivity contribution in [1.82, 2.24) is 0 Å². The van der Waals surface area contributed by atoms with Crippen LogP contribution in [-0.2, 0) is 14.3 Å². The number of carboxylic acid groups (broad SMARTS) is 1. The van der Waals surface area contributed by atoms with Gasteiger partial charge in [0.05, 0.1) is 12.2 Å². The number of carbonyl (C=O) groups is 1. The monoisotopic (exact) mass is 244 g/mol. The van der Waals surface area contributed by atoms with E-state index in [0.717, 1.165) is 0 Å². The zero-order valence-corrected chi connectivity index (χ0v) is 11.4. The van der Waals surface area contributed by atoms with E-state index in [1.165, 1.54) is 0 Å². The topological polar surface area (TPSA) is 55.8 Å². The van der Waals surface area contributed by atoms with Crippen LogP contribution in [0.4, 0.5) is 0 Å². The van der Waals surface area contributed by atoms with E-state index in [1.807, 2.05) is 34.6 Å². The predicted octanol–water partition coefficient (Wildman–Crippen LogP) is 2.83. The lowest BCUT2D eigenvalue weighted by Crippen LogP contribution is -2.34. The Morgan fingerprint density at radius 2 is 1.59 bits per heavy atom. The SMILES string of the molecule is C=C(C(=O)O)C(CC)C(OC(C)C)OC(C)C. The molecule has 0 saturated carbocycles. The Kier molecular flexibility index (Phi) is 7.07. The van der Waals surface area contributed by atoms with Crippen LogP contribution in [0.3, 0.4) is 0 Å². The minimum atomic E-state index is -0.999. The molecule has 0 aromatic carbocycles. The smallest absolute Gasteiger partial charge is 0.331 e. The van der Waals surface area contributed by atoms with Crippen molar-refractivity contribution in [3.05, 3.63) is 12.2 Å². The van der Waals surface area contributed by atoms with Crippen molar-refractivity contribution >= 4 is 5.97 Å². The molecule has 0 amide bonds. The highest BCUT2D eigenvalue weighted by molar-refractivity contribution is 5.86. The van der Waals surface area contributed by atoms with E-state index in [0.29, 0.717) is 6.42 Å². The Balaban J connectivity index is 4.83. The van der Waals surface area contributed by atoms with Gasteiger partial charge in [0.15, 0.2) is 6.29 Å². The lowest BCUT2D eigenvalue weighted by Gasteiger charge is -2.29. The van der Waals surface area contributed by atoms with E-state index in [9.17, 15) is 4.79 Å². The van der Waals surface area contributed by atoms with Crippen LogP contribution < -0.4 is 0 Å². The predicted molar refractivity (Wildman–Crippen MR) is 66.8 cm³/mol. The normalized spacial score (nSPS) is 13.4. The average molecular weight is 244 g/mol. The van der Waals surface area contributed by atoms with Gasteiger partial charge in [-0.2, -0.15) is 0 Å². The summed E-state index contributed by atoms with van der Waals surface area (Å²) in [4.78, 5) is 11.0. The highest BCUT2D eigenvalue weighted by atomic mass is 16.7. The molecule has 17 heavy (non-hydrogen) atoms. The van der Waals surface area contributed by atoms with Crippen molar-refractivity contribution in [3.8, 4) is 0 Å². The third-order valence-corrected chi connectivity index (χ3v) is 2.30. The van der Waals surface area contributed by atoms with Crippen molar-refractivity contribution in [1.29, 1.82) is 0 Å². The Morgan fingerprint density at radius 1 is 1.18 bits per heavy atom. The van der Waals surface area contributed by atoms with Crippen LogP contribution >= 0.6 is 0 Å². The lowest BCUT2D eigenvalue weighted by molar-refractivity contribution is -0.202. The van der Waals surface area contributed by atoms with E-state index < -0.39 is 12.3 Å². The first-order valence-corrected chi connectivity index (χ1v) is 6.02. The molecule has 4 nitrogen and oxygen atoms in total. The van der Waals surface area contributed by atoms with E-state index in [2.05, 4.69) is 6.58 Å². The minimum Gasteiger partial charge on any atom is -0.478 e. The molecule has 1 atom stereocenters. The van der Waals surface area contributed by atoms with Crippen LogP contribution in [-0.4, -0.2) is 29.6 Å². The maximum Gasteiger partial charge on any atom is 0.331 e. The Bertz CT molecular complexity index is 248. The third-order valence-electron chi connectivity index (χ3n) is 2.30. The number of ether oxygens (including phenoxy) is 2. The summed E-state index contributed by atoms with van der Waals surface area (Å²) in [5, 5.41) is 8.99. The van der Waals surface area contributed by atoms with Gasteiger partial charge in [-0.1, -0.05) is 13.5 Å². The summed E-state index contributed by atoms with van der Waals surface area (Å²) in [7, 11) is 0. The molecule has 0 heterocycles. The number of hydrogen-bond acceptors (Lipinski definition) is 3. The van der Waals surface area contributed by atoms with Gasteiger partial charge in [-0.25, -0.2) is 4.79 Å². The molecule has 0 aliphatic carbocycles. The summed E-state index contributed by atoms with van der Waals surface area (Å²) < 4.78 is 11.3. The molecule has 0 bridgehead atoms. The highest BCUT2D eigenvalue weighted by Gasteiger charge is 2.29. The molecule has 0 spiro atoms. The van der Waals surface area contributed by atoms with Gasteiger partial charge < -0.3 is 14.6 Å². The van der Waals surface area contributed by atoms with Gasteiger partial charge >= 0.3 is 5.97 Å². The van der Waals surface area contributed by atoms with Crippen molar-refractivity contribution < 1.29 is 19.4 Å². The molecule has 4 heteroatoms. The van der Waals surface area contributed by atoms with Gasteiger partial charge in [-0.15, -0.1) is 0 Å². The van der Waals surface area contributed by atoms with Crippen LogP contribution in [0.25, 0.3) is 0 Å². The zero-order chi connectivity index (χ0) is 13.6. The number of hydrogen-bond donors (Lipinski definition) is 1. The maximum absolute atomic E-state index is 11.0. The van der Waals surface area contributed by atoms with Crippen LogP contribution in [0, 0.1) is 5.92 Å². The molecule has 0 rings (SSSR count). The fourth-order valence-electron chi connectivity index (χ4n) is 1.52. The van der Waals surface area contributed by atoms with Gasteiger partial charge in [0.25, 0.3) is 0 Å². The van der Waals surface area contributed by atoms with E-state index in [-0.39, 0.29) is 23.7 Å². The second kappa shape index (κ2) is 7.45. The van der Waals surface area contributed by atoms with Gasteiger partial charge in [0.2, 0.25) is 0 Å². The van der Waals surface area contributed by atoms with Gasteiger partial charge in [-0.05, 0) is 34.1 Å². The number of aliphatic carboxylic acids is 1. The fraction of sp³-hybridized carbons (Fsp3) is 0.769. The highest BCUT2D eigenvalue weighted by Crippen LogP contribution is 2.24. The zero-order valence-electron chi connectivity index (χ0n) is 11.4. The summed E-state index contributed by atoms with van der Waals surface area (Å²) in [6.45, 7) is 13.1. The number of rotatable bonds is 8. The van der Waals surface area contributed by atoms with Crippen molar-refractivity contribution in [2.75, 3.05) is 0 Å². The Hall–Kier alpha value is -0.870. The molecule has 0 aromatic heterocycles. The second-order valence-corrected chi connectivity index (χ2v) is 4.58. The molecular weight excluding hydrogens is 220 g/mol. The minimum absolute atomic E-state index is 0.0191. The Labute approximate surface area is 104 Å². The number of carboxylic acids is 1. The summed E-state index contributed by atoms with van der Waals surface area (Å²) in [6.07, 6.45) is 0.0299. The van der Waals surface area contributed by atoms with Crippen molar-refractivity contribution in [3.63, 3.8) is 0 Å². The van der Waals surface area contributed by atoms with Gasteiger partial charge in [0.1, 0.15) is 0 Å². The first kappa shape index (κ1) is 16.1. The molecule has 100 valence electrons. The molecule has 1 unspecified atom stereocenters. The molecule has 0 aliphatic rings. The van der Waals surface area contributed by atoms with Gasteiger partial charge in [0, 0.05) is 11.5 Å². The first-order chi connectivity index (χ1) is 7.79. The second-order valence-electron chi connectivity index (χ2n) is 4.58. The molecule has 1 N–H and O–H groups in total. The van der Waals surface area contributed by atoms with E-state index in [1.54, 1.807) is 0 Å². The van der Waals surface area contributed by atoms with Crippen LogP contribution in [0.15, 0.2) is 12.2 Å². The summed E-state index contributed by atoms with van der Waals surface area (Å²) >= 11 is 0. The standard InChI is InChI=1S/C13H24O4/c1-7-11(10(6)12(14)15)13(16-8(2)3)17-9(4)5/h8-9,11,13H,6-7H2,1-5H3,(H,14,15). The van der Waals surface area contributed by atoms with E-state index in [4.69, 9.17) is 14.6 Å². The molecule has 0 radical (unpaired) electrons. The van der Waals surface area contributed by atoms with Crippen LogP contribution in [0.5, 0.6) is 0 Å². The van der Waals surface area contributed by atoms with E-state index >= 15 is 0 Å². The lowest BCUT2D eigenvalue weighted by atomic mass is 9.96. The molecule has 0 aromatic rings. The fourth-order valence-corrected chi connectivity index (χ4v) is 1.52.